The molecule has 0 atom stereocenters. The fourth-order valence-corrected chi connectivity index (χ4v) is 1.44. The molecule has 1 aromatic heterocycles. The fourth-order valence-electron chi connectivity index (χ4n) is 1.44. The number of nitrogens with one attached hydrogen (secondary N) is 1. The van der Waals surface area contributed by atoms with Crippen molar-refractivity contribution in [3.05, 3.63) is 47.0 Å². The molecule has 0 bridgehead atoms. The van der Waals surface area contributed by atoms with Gasteiger partial charge in [0, 0.05) is 12.8 Å². The van der Waals surface area contributed by atoms with Crippen LogP contribution in [0.3, 0.4) is 0 Å². The van der Waals surface area contributed by atoms with E-state index in [1.807, 2.05) is 6.92 Å². The molecule has 2 aromatic rings. The highest BCUT2D eigenvalue weighted by atomic mass is 19.2. The number of rotatable bonds is 3. The molecule has 3 nitrogen and oxygen atoms in total. The predicted molar refractivity (Wildman–Crippen MR) is 54.9 cm³/mol. The zero-order valence-electron chi connectivity index (χ0n) is 8.80. The van der Waals surface area contributed by atoms with Gasteiger partial charge in [-0.15, -0.1) is 0 Å². The summed E-state index contributed by atoms with van der Waals surface area (Å²) in [7, 11) is 0. The summed E-state index contributed by atoms with van der Waals surface area (Å²) >= 11 is 0. The maximum Gasteiger partial charge on any atom is 0.162 e. The summed E-state index contributed by atoms with van der Waals surface area (Å²) in [4.78, 5) is 4.14. The minimum Gasteiger partial charge on any atom is -0.263 e. The van der Waals surface area contributed by atoms with E-state index in [1.54, 1.807) is 0 Å². The standard InChI is InChI=1S/C11H11F2N3/c1-2-9-14-10(16-15-9)6-7-4-3-5-8(12)11(7)13/h3-5H,2,6H2,1H3,(H,14,15,16). The molecule has 1 heterocycles. The molecule has 0 saturated carbocycles. The molecule has 0 aliphatic heterocycles. The van der Waals surface area contributed by atoms with Crippen LogP contribution < -0.4 is 0 Å². The highest BCUT2D eigenvalue weighted by Gasteiger charge is 2.10. The Bertz CT molecular complexity index is 494. The third-order valence-electron chi connectivity index (χ3n) is 2.28. The van der Waals surface area contributed by atoms with Crippen LogP contribution in [-0.4, -0.2) is 15.2 Å². The van der Waals surface area contributed by atoms with E-state index in [0.29, 0.717) is 18.1 Å². The molecular formula is C11H11F2N3. The molecule has 5 heteroatoms. The molecule has 0 spiro atoms. The van der Waals surface area contributed by atoms with Gasteiger partial charge in [-0.1, -0.05) is 19.1 Å². The normalized spacial score (nSPS) is 10.7. The summed E-state index contributed by atoms with van der Waals surface area (Å²) in [6.07, 6.45) is 0.929. The van der Waals surface area contributed by atoms with Crippen molar-refractivity contribution < 1.29 is 8.78 Å². The summed E-state index contributed by atoms with van der Waals surface area (Å²) in [5, 5.41) is 6.63. The van der Waals surface area contributed by atoms with E-state index in [9.17, 15) is 8.78 Å². The van der Waals surface area contributed by atoms with Gasteiger partial charge in [0.15, 0.2) is 11.6 Å². The first-order valence-corrected chi connectivity index (χ1v) is 5.03. The van der Waals surface area contributed by atoms with E-state index in [4.69, 9.17) is 0 Å². The average Bonchev–Trinajstić information content (AvgIpc) is 2.73. The van der Waals surface area contributed by atoms with Crippen LogP contribution in [0.2, 0.25) is 0 Å². The fraction of sp³-hybridized carbons (Fsp3) is 0.273. The van der Waals surface area contributed by atoms with Crippen molar-refractivity contribution in [3.8, 4) is 0 Å². The Morgan fingerprint density at radius 1 is 1.31 bits per heavy atom. The summed E-state index contributed by atoms with van der Waals surface area (Å²) in [5.41, 5.74) is 0.277. The largest absolute Gasteiger partial charge is 0.263 e. The van der Waals surface area contributed by atoms with Crippen LogP contribution in [0.4, 0.5) is 8.78 Å². The number of H-pyrrole nitrogens is 1. The van der Waals surface area contributed by atoms with Gasteiger partial charge >= 0.3 is 0 Å². The molecule has 0 aliphatic carbocycles. The average molecular weight is 223 g/mol. The van der Waals surface area contributed by atoms with Crippen molar-refractivity contribution in [1.29, 1.82) is 0 Å². The number of benzene rings is 1. The minimum atomic E-state index is -0.840. The maximum absolute atomic E-state index is 13.3. The Balaban J connectivity index is 2.23. The van der Waals surface area contributed by atoms with Gasteiger partial charge in [0.2, 0.25) is 0 Å². The number of halogens is 2. The van der Waals surface area contributed by atoms with Gasteiger partial charge in [0.25, 0.3) is 0 Å². The topological polar surface area (TPSA) is 41.6 Å². The SMILES string of the molecule is CCc1n[nH]c(Cc2cccc(F)c2F)n1. The highest BCUT2D eigenvalue weighted by molar-refractivity contribution is 5.22. The first-order chi connectivity index (χ1) is 7.70. The Labute approximate surface area is 91.5 Å². The molecule has 0 fully saturated rings. The van der Waals surface area contributed by atoms with Gasteiger partial charge in [-0.05, 0) is 11.6 Å². The number of aromatic amines is 1. The van der Waals surface area contributed by atoms with Crippen LogP contribution >= 0.6 is 0 Å². The van der Waals surface area contributed by atoms with Crippen LogP contribution in [0.25, 0.3) is 0 Å². The molecule has 84 valence electrons. The van der Waals surface area contributed by atoms with E-state index >= 15 is 0 Å². The molecular weight excluding hydrogens is 212 g/mol. The second kappa shape index (κ2) is 4.38. The van der Waals surface area contributed by atoms with Gasteiger partial charge < -0.3 is 0 Å². The molecule has 0 aliphatic rings. The predicted octanol–water partition coefficient (Wildman–Crippen LogP) is 2.24. The molecule has 1 aromatic carbocycles. The van der Waals surface area contributed by atoms with Gasteiger partial charge in [-0.25, -0.2) is 13.8 Å². The minimum absolute atomic E-state index is 0.219. The van der Waals surface area contributed by atoms with Gasteiger partial charge in [0.05, 0.1) is 0 Å². The Morgan fingerprint density at radius 3 is 2.81 bits per heavy atom. The van der Waals surface area contributed by atoms with E-state index in [2.05, 4.69) is 15.2 Å². The van der Waals surface area contributed by atoms with Gasteiger partial charge in [-0.3, -0.25) is 5.10 Å². The maximum atomic E-state index is 13.3. The lowest BCUT2D eigenvalue weighted by molar-refractivity contribution is 0.500. The summed E-state index contributed by atoms with van der Waals surface area (Å²) in [6, 6.07) is 4.11. The van der Waals surface area contributed by atoms with Crippen LogP contribution in [0.15, 0.2) is 18.2 Å². The Hall–Kier alpha value is -1.78. The van der Waals surface area contributed by atoms with Crippen molar-refractivity contribution in [2.75, 3.05) is 0 Å². The van der Waals surface area contributed by atoms with E-state index in [-0.39, 0.29) is 12.0 Å². The van der Waals surface area contributed by atoms with Crippen LogP contribution in [0.5, 0.6) is 0 Å². The van der Waals surface area contributed by atoms with E-state index < -0.39 is 11.6 Å². The van der Waals surface area contributed by atoms with Gasteiger partial charge in [-0.2, -0.15) is 5.10 Å². The highest BCUT2D eigenvalue weighted by Crippen LogP contribution is 2.14. The van der Waals surface area contributed by atoms with Crippen molar-refractivity contribution in [3.63, 3.8) is 0 Å². The quantitative estimate of drug-likeness (QED) is 0.866. The number of nitrogens with zero attached hydrogens (tertiary/aromatic N) is 2. The lowest BCUT2D eigenvalue weighted by Gasteiger charge is -2.00. The molecule has 0 amide bonds. The zero-order chi connectivity index (χ0) is 11.5. The second-order valence-electron chi connectivity index (χ2n) is 3.44. The van der Waals surface area contributed by atoms with E-state index in [0.717, 1.165) is 6.07 Å². The van der Waals surface area contributed by atoms with E-state index in [1.165, 1.54) is 12.1 Å². The Morgan fingerprint density at radius 2 is 2.12 bits per heavy atom. The smallest absolute Gasteiger partial charge is 0.162 e. The number of aryl methyl sites for hydroxylation is 1. The lowest BCUT2D eigenvalue weighted by atomic mass is 10.1. The van der Waals surface area contributed by atoms with Crippen LogP contribution in [0.1, 0.15) is 24.1 Å². The van der Waals surface area contributed by atoms with Crippen molar-refractivity contribution in [2.24, 2.45) is 0 Å². The summed E-state index contributed by atoms with van der Waals surface area (Å²) < 4.78 is 26.3. The molecule has 1 N–H and O–H groups in total. The Kier molecular flexibility index (Phi) is 2.94. The first kappa shape index (κ1) is 10.7. The number of hydrogen-bond acceptors (Lipinski definition) is 2. The van der Waals surface area contributed by atoms with Gasteiger partial charge in [0.1, 0.15) is 11.6 Å². The van der Waals surface area contributed by atoms with Crippen LogP contribution in [0, 0.1) is 11.6 Å². The summed E-state index contributed by atoms with van der Waals surface area (Å²) in [5.74, 6) is -0.446. The molecule has 0 saturated heterocycles. The molecule has 0 unspecified atom stereocenters. The monoisotopic (exact) mass is 223 g/mol. The molecule has 0 radical (unpaired) electrons. The number of aromatic nitrogens is 3. The third kappa shape index (κ3) is 2.08. The van der Waals surface area contributed by atoms with Crippen molar-refractivity contribution in [2.45, 2.75) is 19.8 Å². The van der Waals surface area contributed by atoms with Crippen LogP contribution in [-0.2, 0) is 12.8 Å². The zero-order valence-corrected chi connectivity index (χ0v) is 8.80. The van der Waals surface area contributed by atoms with Crippen molar-refractivity contribution >= 4 is 0 Å². The number of hydrogen-bond donors (Lipinski definition) is 1. The molecule has 16 heavy (non-hydrogen) atoms. The first-order valence-electron chi connectivity index (χ1n) is 5.03. The van der Waals surface area contributed by atoms with Crippen molar-refractivity contribution in [1.82, 2.24) is 15.2 Å². The third-order valence-corrected chi connectivity index (χ3v) is 2.28. The summed E-state index contributed by atoms with van der Waals surface area (Å²) in [6.45, 7) is 1.93. The lowest BCUT2D eigenvalue weighted by Crippen LogP contribution is -1.97. The molecule has 2 rings (SSSR count). The second-order valence-corrected chi connectivity index (χ2v) is 3.44.